The highest BCUT2D eigenvalue weighted by molar-refractivity contribution is 8.03. The molecule has 1 N–H and O–H groups in total. The van der Waals surface area contributed by atoms with Gasteiger partial charge in [0, 0.05) is 11.3 Å². The molecule has 0 bridgehead atoms. The van der Waals surface area contributed by atoms with Gasteiger partial charge in [0.2, 0.25) is 0 Å². The third-order valence-corrected chi connectivity index (χ3v) is 5.50. The van der Waals surface area contributed by atoms with E-state index in [1.807, 2.05) is 13.2 Å². The van der Waals surface area contributed by atoms with Crippen LogP contribution in [-0.4, -0.2) is 33.3 Å². The second-order valence-electron chi connectivity index (χ2n) is 4.91. The first-order valence-corrected chi connectivity index (χ1v) is 9.03. The van der Waals surface area contributed by atoms with E-state index in [1.165, 1.54) is 0 Å². The number of hydrogen-bond acceptors (Lipinski definition) is 7. The molecule has 0 aliphatic carbocycles. The zero-order chi connectivity index (χ0) is 14.5. The van der Waals surface area contributed by atoms with Gasteiger partial charge in [0.25, 0.3) is 0 Å². The molecule has 0 saturated carbocycles. The maximum absolute atomic E-state index is 9.34. The van der Waals surface area contributed by atoms with Gasteiger partial charge in [-0.05, 0) is 33.4 Å². The highest BCUT2D eigenvalue weighted by atomic mass is 32.2. The number of nitriles is 1. The summed E-state index contributed by atoms with van der Waals surface area (Å²) in [7, 11) is 0. The average molecular weight is 317 g/mol. The molecule has 0 spiro atoms. The molecular formula is C12H20N4S3. The Labute approximate surface area is 127 Å². The van der Waals surface area contributed by atoms with E-state index in [0.29, 0.717) is 11.3 Å². The van der Waals surface area contributed by atoms with Gasteiger partial charge < -0.3 is 0 Å². The topological polar surface area (TPSA) is 61.6 Å². The fraction of sp³-hybridized carbons (Fsp3) is 0.750. The number of rotatable bonds is 7. The highest BCUT2D eigenvalue weighted by Crippen LogP contribution is 2.33. The Morgan fingerprint density at radius 3 is 2.47 bits per heavy atom. The predicted molar refractivity (Wildman–Crippen MR) is 83.9 cm³/mol. The van der Waals surface area contributed by atoms with Crippen molar-refractivity contribution in [2.24, 2.45) is 0 Å². The van der Waals surface area contributed by atoms with Crippen LogP contribution in [0.5, 0.6) is 0 Å². The normalized spacial score (nSPS) is 16.1. The first-order valence-electron chi connectivity index (χ1n) is 6.11. The lowest BCUT2D eigenvalue weighted by molar-refractivity contribution is 0.382. The maximum Gasteiger partial charge on any atom is 0.175 e. The minimum absolute atomic E-state index is 0.298. The van der Waals surface area contributed by atoms with Crippen LogP contribution in [0.4, 0.5) is 0 Å². The third kappa shape index (κ3) is 5.69. The van der Waals surface area contributed by atoms with Crippen molar-refractivity contribution in [2.45, 2.75) is 59.6 Å². The summed E-state index contributed by atoms with van der Waals surface area (Å²) in [5, 5.41) is 21.2. The second kappa shape index (κ2) is 7.48. The molecule has 0 amide bonds. The van der Waals surface area contributed by atoms with Crippen LogP contribution in [0, 0.1) is 11.3 Å². The summed E-state index contributed by atoms with van der Waals surface area (Å²) in [6, 6.07) is 2.68. The van der Waals surface area contributed by atoms with Gasteiger partial charge in [-0.2, -0.15) is 5.26 Å². The van der Waals surface area contributed by atoms with Crippen molar-refractivity contribution in [1.29, 1.82) is 5.26 Å². The molecule has 106 valence electrons. The van der Waals surface area contributed by atoms with Gasteiger partial charge in [0.1, 0.15) is 5.54 Å². The standard InChI is InChI=1S/C12H20N4S3/c1-8(2)14-12(4,7-13)6-9(3)18-11-16-15-10(17-5)19-11/h8-9,14H,6H2,1-5H3. The molecular weight excluding hydrogens is 296 g/mol. The van der Waals surface area contributed by atoms with Gasteiger partial charge in [0.15, 0.2) is 8.68 Å². The van der Waals surface area contributed by atoms with E-state index >= 15 is 0 Å². The number of thioether (sulfide) groups is 2. The fourth-order valence-corrected chi connectivity index (χ4v) is 4.82. The van der Waals surface area contributed by atoms with Crippen LogP contribution >= 0.6 is 34.9 Å². The largest absolute Gasteiger partial charge is 0.297 e. The van der Waals surface area contributed by atoms with Gasteiger partial charge >= 0.3 is 0 Å². The SMILES string of the molecule is CSc1nnc(SC(C)CC(C)(C#N)NC(C)C)s1. The van der Waals surface area contributed by atoms with E-state index in [9.17, 15) is 5.26 Å². The van der Waals surface area contributed by atoms with E-state index in [1.54, 1.807) is 34.9 Å². The number of hydrogen-bond donors (Lipinski definition) is 1. The van der Waals surface area contributed by atoms with Crippen molar-refractivity contribution >= 4 is 34.9 Å². The van der Waals surface area contributed by atoms with Gasteiger partial charge in [-0.25, -0.2) is 0 Å². The molecule has 0 saturated heterocycles. The van der Waals surface area contributed by atoms with Gasteiger partial charge in [-0.1, -0.05) is 41.8 Å². The van der Waals surface area contributed by atoms with Gasteiger partial charge in [-0.15, -0.1) is 10.2 Å². The molecule has 1 aromatic heterocycles. The maximum atomic E-state index is 9.34. The molecule has 0 aliphatic heterocycles. The zero-order valence-corrected chi connectivity index (χ0v) is 14.4. The number of nitrogens with zero attached hydrogens (tertiary/aromatic N) is 3. The summed E-state index contributed by atoms with van der Waals surface area (Å²) < 4.78 is 1.96. The van der Waals surface area contributed by atoms with Crippen molar-refractivity contribution in [1.82, 2.24) is 15.5 Å². The molecule has 2 unspecified atom stereocenters. The van der Waals surface area contributed by atoms with Gasteiger partial charge in [0.05, 0.1) is 6.07 Å². The number of aromatic nitrogens is 2. The lowest BCUT2D eigenvalue weighted by Crippen LogP contribution is -2.46. The van der Waals surface area contributed by atoms with Crippen LogP contribution in [0.15, 0.2) is 8.68 Å². The molecule has 19 heavy (non-hydrogen) atoms. The van der Waals surface area contributed by atoms with E-state index in [-0.39, 0.29) is 0 Å². The Kier molecular flexibility index (Phi) is 6.60. The predicted octanol–water partition coefficient (Wildman–Crippen LogP) is 3.41. The minimum Gasteiger partial charge on any atom is -0.297 e. The molecule has 1 heterocycles. The zero-order valence-electron chi connectivity index (χ0n) is 11.9. The molecule has 0 fully saturated rings. The van der Waals surface area contributed by atoms with Crippen LogP contribution in [0.2, 0.25) is 0 Å². The first-order chi connectivity index (χ1) is 8.88. The molecule has 0 aliphatic rings. The van der Waals surface area contributed by atoms with Crippen molar-refractivity contribution in [3.8, 4) is 6.07 Å². The Morgan fingerprint density at radius 1 is 1.37 bits per heavy atom. The van der Waals surface area contributed by atoms with E-state index < -0.39 is 5.54 Å². The Balaban J connectivity index is 2.58. The molecule has 0 aromatic carbocycles. The summed E-state index contributed by atoms with van der Waals surface area (Å²) in [4.78, 5) is 0. The van der Waals surface area contributed by atoms with Crippen molar-refractivity contribution < 1.29 is 0 Å². The Hall–Kier alpha value is -0.290. The molecule has 1 rings (SSSR count). The van der Waals surface area contributed by atoms with E-state index in [0.717, 1.165) is 15.1 Å². The monoisotopic (exact) mass is 316 g/mol. The fourth-order valence-electron chi connectivity index (χ4n) is 1.89. The summed E-state index contributed by atoms with van der Waals surface area (Å²) in [5.74, 6) is 0. The molecule has 7 heteroatoms. The Morgan fingerprint density at radius 2 is 2.00 bits per heavy atom. The van der Waals surface area contributed by atoms with E-state index in [2.05, 4.69) is 42.4 Å². The van der Waals surface area contributed by atoms with Crippen LogP contribution < -0.4 is 5.32 Å². The lowest BCUT2D eigenvalue weighted by atomic mass is 9.97. The second-order valence-corrected chi connectivity index (χ2v) is 8.63. The minimum atomic E-state index is -0.492. The summed E-state index contributed by atoms with van der Waals surface area (Å²) in [6.45, 7) is 8.20. The highest BCUT2D eigenvalue weighted by Gasteiger charge is 2.27. The van der Waals surface area contributed by atoms with Crippen LogP contribution in [0.3, 0.4) is 0 Å². The van der Waals surface area contributed by atoms with Crippen LogP contribution in [0.25, 0.3) is 0 Å². The molecule has 0 radical (unpaired) electrons. The summed E-state index contributed by atoms with van der Waals surface area (Å²) in [6.07, 6.45) is 2.78. The first kappa shape index (κ1) is 16.8. The molecule has 4 nitrogen and oxygen atoms in total. The molecule has 2 atom stereocenters. The van der Waals surface area contributed by atoms with Gasteiger partial charge in [-0.3, -0.25) is 5.32 Å². The third-order valence-electron chi connectivity index (χ3n) is 2.41. The number of nitrogens with one attached hydrogen (secondary N) is 1. The Bertz CT molecular complexity index is 440. The summed E-state index contributed by atoms with van der Waals surface area (Å²) in [5.41, 5.74) is -0.492. The lowest BCUT2D eigenvalue weighted by Gasteiger charge is -2.28. The van der Waals surface area contributed by atoms with Crippen LogP contribution in [-0.2, 0) is 0 Å². The van der Waals surface area contributed by atoms with Crippen LogP contribution in [0.1, 0.15) is 34.1 Å². The van der Waals surface area contributed by atoms with Crippen molar-refractivity contribution in [3.05, 3.63) is 0 Å². The average Bonchev–Trinajstić information content (AvgIpc) is 2.75. The summed E-state index contributed by atoms with van der Waals surface area (Å²) >= 11 is 4.91. The molecule has 1 aromatic rings. The van der Waals surface area contributed by atoms with E-state index in [4.69, 9.17) is 0 Å². The smallest absolute Gasteiger partial charge is 0.175 e. The van der Waals surface area contributed by atoms with Crippen molar-refractivity contribution in [3.63, 3.8) is 0 Å². The van der Waals surface area contributed by atoms with Crippen molar-refractivity contribution in [2.75, 3.05) is 6.26 Å². The quantitative estimate of drug-likeness (QED) is 0.778.